The molecule has 0 aromatic heterocycles. The Hall–Kier alpha value is -0.700. The highest BCUT2D eigenvalue weighted by molar-refractivity contribution is 6.35. The highest BCUT2D eigenvalue weighted by Crippen LogP contribution is 2.15. The van der Waals surface area contributed by atoms with E-state index >= 15 is 0 Å². The minimum atomic E-state index is -0.380. The highest BCUT2D eigenvalue weighted by Gasteiger charge is 1.97. The molecular formula is C40H80O3. The topological polar surface area (TPSA) is 43.4 Å². The molecule has 0 rings (SSSR count). The second-order valence-electron chi connectivity index (χ2n) is 13.3. The van der Waals surface area contributed by atoms with Crippen LogP contribution in [0.2, 0.25) is 0 Å². The lowest BCUT2D eigenvalue weighted by Crippen LogP contribution is -2.01. The van der Waals surface area contributed by atoms with E-state index < -0.39 is 0 Å². The van der Waals surface area contributed by atoms with Crippen LogP contribution in [0, 0.1) is 0 Å². The lowest BCUT2D eigenvalue weighted by molar-refractivity contribution is -0.134. The van der Waals surface area contributed by atoms with E-state index in [-0.39, 0.29) is 11.6 Å². The minimum absolute atomic E-state index is 0.380. The third-order valence-electron chi connectivity index (χ3n) is 8.78. The Morgan fingerprint density at radius 2 is 0.465 bits per heavy atom. The van der Waals surface area contributed by atoms with Crippen LogP contribution in [0.1, 0.15) is 233 Å². The van der Waals surface area contributed by atoms with Crippen molar-refractivity contribution in [3.63, 3.8) is 0 Å². The molecule has 0 aliphatic heterocycles. The molecule has 0 aromatic carbocycles. The van der Waals surface area contributed by atoms with Gasteiger partial charge in [-0.3, -0.25) is 9.59 Å². The fourth-order valence-corrected chi connectivity index (χ4v) is 5.61. The molecule has 0 saturated heterocycles. The van der Waals surface area contributed by atoms with Crippen LogP contribution >= 0.6 is 0 Å². The zero-order valence-electron chi connectivity index (χ0n) is 30.3. The van der Waals surface area contributed by atoms with Gasteiger partial charge in [0.25, 0.3) is 0 Å². The van der Waals surface area contributed by atoms with Crippen molar-refractivity contribution in [3.05, 3.63) is 0 Å². The van der Waals surface area contributed by atoms with Crippen LogP contribution in [-0.2, 0) is 14.3 Å². The fraction of sp³-hybridized carbons (Fsp3) is 0.950. The van der Waals surface area contributed by atoms with E-state index in [1.807, 2.05) is 0 Å². The third kappa shape index (κ3) is 45.8. The predicted molar refractivity (Wildman–Crippen MR) is 191 cm³/mol. The molecule has 0 spiro atoms. The van der Waals surface area contributed by atoms with Gasteiger partial charge in [0, 0.05) is 27.1 Å². The van der Waals surface area contributed by atoms with Crippen LogP contribution in [-0.4, -0.2) is 24.8 Å². The second kappa shape index (κ2) is 41.3. The van der Waals surface area contributed by atoms with Crippen LogP contribution in [0.3, 0.4) is 0 Å². The van der Waals surface area contributed by atoms with E-state index in [9.17, 15) is 9.59 Å². The molecule has 0 aromatic rings. The van der Waals surface area contributed by atoms with Crippen molar-refractivity contribution in [3.8, 4) is 0 Å². The molecule has 0 aliphatic rings. The summed E-state index contributed by atoms with van der Waals surface area (Å²) in [6, 6.07) is 0. The number of carbonyl (C=O) groups excluding carboxylic acids is 2. The summed E-state index contributed by atoms with van der Waals surface area (Å²) < 4.78 is 5.87. The molecule has 3 nitrogen and oxygen atoms in total. The summed E-state index contributed by atoms with van der Waals surface area (Å²) in [5.41, 5.74) is 0. The van der Waals surface area contributed by atoms with Gasteiger partial charge < -0.3 is 4.74 Å². The first-order valence-electron chi connectivity index (χ1n) is 19.6. The molecule has 43 heavy (non-hydrogen) atoms. The maximum Gasteiger partial charge on any atom is 0.195 e. The normalized spacial score (nSPS) is 11.0. The Morgan fingerprint density at radius 3 is 0.628 bits per heavy atom. The van der Waals surface area contributed by atoms with Gasteiger partial charge >= 0.3 is 0 Å². The van der Waals surface area contributed by atoms with Crippen LogP contribution < -0.4 is 0 Å². The number of rotatable bonds is 35. The average Bonchev–Trinajstić information content (AvgIpc) is 2.99. The molecule has 258 valence electrons. The van der Waals surface area contributed by atoms with Crippen molar-refractivity contribution < 1.29 is 14.3 Å². The van der Waals surface area contributed by atoms with E-state index in [0.717, 1.165) is 13.2 Å². The number of unbranched alkanes of at least 4 members (excludes halogenated alkanes) is 30. The number of carbonyl (C=O) groups is 2. The summed E-state index contributed by atoms with van der Waals surface area (Å²) in [5, 5.41) is 0. The number of Topliss-reactive ketones (excluding diaryl/α,β-unsaturated/α-hetero) is 2. The molecule has 0 bridgehead atoms. The van der Waals surface area contributed by atoms with Crippen LogP contribution in [0.4, 0.5) is 0 Å². The average molecular weight is 609 g/mol. The summed E-state index contributed by atoms with van der Waals surface area (Å²) in [6.45, 7) is 9.11. The van der Waals surface area contributed by atoms with Gasteiger partial charge in [0.15, 0.2) is 11.6 Å². The van der Waals surface area contributed by atoms with E-state index in [1.54, 1.807) is 0 Å². The molecule has 0 saturated carbocycles. The van der Waals surface area contributed by atoms with E-state index in [2.05, 4.69) is 13.8 Å². The maximum absolute atomic E-state index is 9.79. The predicted octanol–water partition coefficient (Wildman–Crippen LogP) is 13.7. The molecule has 0 amide bonds. The third-order valence-corrected chi connectivity index (χ3v) is 8.78. The van der Waals surface area contributed by atoms with E-state index in [0.29, 0.717) is 0 Å². The first-order valence-corrected chi connectivity index (χ1v) is 19.6. The Balaban J connectivity index is 0. The maximum atomic E-state index is 9.79. The Morgan fingerprint density at radius 1 is 0.302 bits per heavy atom. The number of hydrogen-bond acceptors (Lipinski definition) is 3. The largest absolute Gasteiger partial charge is 0.381 e. The summed E-state index contributed by atoms with van der Waals surface area (Å²) in [7, 11) is 0. The van der Waals surface area contributed by atoms with E-state index in [1.165, 1.54) is 219 Å². The smallest absolute Gasteiger partial charge is 0.195 e. The summed E-state index contributed by atoms with van der Waals surface area (Å²) in [4.78, 5) is 19.6. The molecular weight excluding hydrogens is 528 g/mol. The summed E-state index contributed by atoms with van der Waals surface area (Å²) >= 11 is 0. The van der Waals surface area contributed by atoms with Crippen molar-refractivity contribution >= 4 is 11.6 Å². The van der Waals surface area contributed by atoms with Gasteiger partial charge in [-0.2, -0.15) is 0 Å². The summed E-state index contributed by atoms with van der Waals surface area (Å²) in [6.07, 6.45) is 46.0. The van der Waals surface area contributed by atoms with Crippen LogP contribution in [0.5, 0.6) is 0 Å². The summed E-state index contributed by atoms with van der Waals surface area (Å²) in [5.74, 6) is -0.759. The molecule has 0 N–H and O–H groups in total. The molecule has 0 aliphatic carbocycles. The Kier molecular flexibility index (Phi) is 42.7. The molecule has 0 heterocycles. The van der Waals surface area contributed by atoms with Crippen molar-refractivity contribution in [2.75, 3.05) is 13.2 Å². The van der Waals surface area contributed by atoms with Crippen molar-refractivity contribution in [1.82, 2.24) is 0 Å². The van der Waals surface area contributed by atoms with Crippen molar-refractivity contribution in [1.29, 1.82) is 0 Å². The Bertz CT molecular complexity index is 484. The number of ketones is 2. The van der Waals surface area contributed by atoms with Gasteiger partial charge in [0.1, 0.15) is 0 Å². The molecule has 3 heteroatoms. The van der Waals surface area contributed by atoms with Gasteiger partial charge in [-0.1, -0.05) is 206 Å². The second-order valence-corrected chi connectivity index (χ2v) is 13.3. The first kappa shape index (κ1) is 44.4. The van der Waals surface area contributed by atoms with Gasteiger partial charge in [0.05, 0.1) is 0 Å². The SMILES string of the molecule is CC(=O)C(C)=O.CCCCCCCCCCCCCCCCCCOCCCCCCCCCCCCCCCCCC. The molecule has 0 unspecified atom stereocenters. The zero-order valence-corrected chi connectivity index (χ0v) is 30.3. The quantitative estimate of drug-likeness (QED) is 0.0531. The van der Waals surface area contributed by atoms with Gasteiger partial charge in [-0.25, -0.2) is 0 Å². The molecule has 0 fully saturated rings. The van der Waals surface area contributed by atoms with Gasteiger partial charge in [0.2, 0.25) is 0 Å². The van der Waals surface area contributed by atoms with Crippen LogP contribution in [0.15, 0.2) is 0 Å². The van der Waals surface area contributed by atoms with Crippen molar-refractivity contribution in [2.45, 2.75) is 233 Å². The Labute approximate surface area is 271 Å². The monoisotopic (exact) mass is 609 g/mol. The van der Waals surface area contributed by atoms with Crippen molar-refractivity contribution in [2.24, 2.45) is 0 Å². The number of hydrogen-bond donors (Lipinski definition) is 0. The standard InChI is InChI=1S/C36H74O.C4H6O2/c1-3-5-7-9-11-13-15-17-19-21-23-25-27-29-31-33-35-37-36-34-32-30-28-26-24-22-20-18-16-14-12-10-8-6-4-2;1-3(5)4(2)6/h3-36H2,1-2H3;1-2H3. The number of ether oxygens (including phenoxy) is 1. The van der Waals surface area contributed by atoms with Crippen LogP contribution in [0.25, 0.3) is 0 Å². The van der Waals surface area contributed by atoms with Gasteiger partial charge in [-0.15, -0.1) is 0 Å². The first-order chi connectivity index (χ1) is 21.1. The fourth-order valence-electron chi connectivity index (χ4n) is 5.61. The minimum Gasteiger partial charge on any atom is -0.381 e. The highest BCUT2D eigenvalue weighted by atomic mass is 16.5. The van der Waals surface area contributed by atoms with Gasteiger partial charge in [-0.05, 0) is 12.8 Å². The van der Waals surface area contributed by atoms with E-state index in [4.69, 9.17) is 4.74 Å². The molecule has 0 atom stereocenters. The zero-order chi connectivity index (χ0) is 31.9. The molecule has 0 radical (unpaired) electrons. The lowest BCUT2D eigenvalue weighted by atomic mass is 10.0. The lowest BCUT2D eigenvalue weighted by Gasteiger charge is -2.06.